The highest BCUT2D eigenvalue weighted by Gasteiger charge is 2.17. The highest BCUT2D eigenvalue weighted by atomic mass is 31.2. The van der Waals surface area contributed by atoms with Crippen LogP contribution in [0.5, 0.6) is 17.2 Å². The number of unbranched alkanes of at least 4 members (excludes halogenated alkanes) is 27. The highest BCUT2D eigenvalue weighted by Crippen LogP contribution is 2.40. The maximum atomic E-state index is 11.2. The number of hydrogen-bond acceptors (Lipinski definition) is 15. The first-order valence-electron chi connectivity index (χ1n) is 32.1. The molecule has 1 aromatic rings. The van der Waals surface area contributed by atoms with Crippen molar-refractivity contribution < 1.29 is 61.6 Å². The molecule has 0 aliphatic carbocycles. The fraction of sp³-hybridized carbons (Fsp3) is 0.873. The van der Waals surface area contributed by atoms with Gasteiger partial charge in [-0.3, -0.25) is 9.56 Å². The van der Waals surface area contributed by atoms with Gasteiger partial charge in [0.25, 0.3) is 0 Å². The zero-order valence-corrected chi connectivity index (χ0v) is 52.5. The monoisotopic (exact) mass is 1160 g/mol. The molecule has 0 amide bonds. The summed E-state index contributed by atoms with van der Waals surface area (Å²) in [6.07, 6.45) is 40.1. The van der Waals surface area contributed by atoms with E-state index in [1.54, 1.807) is 6.21 Å². The molecule has 1 rings (SSSR count). The Labute approximate surface area is 488 Å². The molecular formula is C63H120N3O13P. The van der Waals surface area contributed by atoms with Gasteiger partial charge >= 0.3 is 0 Å². The SMILES string of the molecule is CCCCCCCCCCCCOc1cc(CN=CC(COCCOCCOCCOCCOCCOCCOCCOCCP(C)(=O)O)=NN)cc(OCCCCCCCCCCCC)c1OCCCCCCCCCCCC. The normalized spacial score (nSPS) is 12.7. The van der Waals surface area contributed by atoms with Gasteiger partial charge in [0.05, 0.1) is 132 Å². The Kier molecular flexibility index (Phi) is 56.5. The van der Waals surface area contributed by atoms with Crippen LogP contribution in [0.25, 0.3) is 0 Å². The Morgan fingerprint density at radius 3 is 1.02 bits per heavy atom. The van der Waals surface area contributed by atoms with Gasteiger partial charge in [-0.2, -0.15) is 5.10 Å². The minimum atomic E-state index is -3.02. The van der Waals surface area contributed by atoms with Crippen LogP contribution in [-0.4, -0.2) is 155 Å². The van der Waals surface area contributed by atoms with Crippen LogP contribution in [0.2, 0.25) is 0 Å². The van der Waals surface area contributed by atoms with E-state index in [1.165, 1.54) is 161 Å². The second-order valence-corrected chi connectivity index (χ2v) is 23.8. The molecule has 1 atom stereocenters. The number of nitrogens with two attached hydrogens (primary N) is 1. The molecule has 0 radical (unpaired) electrons. The number of hydrazone groups is 1. The van der Waals surface area contributed by atoms with E-state index in [2.05, 4.69) is 38.0 Å². The molecule has 0 fully saturated rings. The second-order valence-electron chi connectivity index (χ2n) is 21.2. The highest BCUT2D eigenvalue weighted by molar-refractivity contribution is 7.57. The predicted octanol–water partition coefficient (Wildman–Crippen LogP) is 14.5. The largest absolute Gasteiger partial charge is 0.490 e. The van der Waals surface area contributed by atoms with E-state index in [9.17, 15) is 9.46 Å². The molecule has 0 aliphatic heterocycles. The lowest BCUT2D eigenvalue weighted by molar-refractivity contribution is -0.0221. The van der Waals surface area contributed by atoms with Crippen molar-refractivity contribution in [1.29, 1.82) is 0 Å². The summed E-state index contributed by atoms with van der Waals surface area (Å²) in [5.74, 6) is 7.97. The van der Waals surface area contributed by atoms with Gasteiger partial charge in [-0.25, -0.2) is 0 Å². The summed E-state index contributed by atoms with van der Waals surface area (Å²) < 4.78 is 75.4. The molecule has 17 heteroatoms. The molecule has 16 nitrogen and oxygen atoms in total. The van der Waals surface area contributed by atoms with Crippen LogP contribution in [-0.2, 0) is 49.0 Å². The quantitative estimate of drug-likeness (QED) is 0.0206. The molecule has 0 aliphatic rings. The Bertz CT molecular complexity index is 1520. The average Bonchev–Trinajstić information content (AvgIpc) is 3.45. The smallest absolute Gasteiger partial charge is 0.203 e. The number of rotatable bonds is 65. The molecule has 80 heavy (non-hydrogen) atoms. The van der Waals surface area contributed by atoms with Crippen LogP contribution in [0.1, 0.15) is 219 Å². The first-order chi connectivity index (χ1) is 39.3. The molecule has 0 saturated heterocycles. The molecule has 470 valence electrons. The van der Waals surface area contributed by atoms with Crippen LogP contribution in [0, 0.1) is 0 Å². The summed E-state index contributed by atoms with van der Waals surface area (Å²) in [6, 6.07) is 4.15. The Morgan fingerprint density at radius 1 is 0.425 bits per heavy atom. The minimum absolute atomic E-state index is 0.152. The minimum Gasteiger partial charge on any atom is -0.490 e. The van der Waals surface area contributed by atoms with Crippen LogP contribution in [0.4, 0.5) is 0 Å². The molecule has 0 bridgehead atoms. The van der Waals surface area contributed by atoms with E-state index in [0.29, 0.717) is 125 Å². The lowest BCUT2D eigenvalue weighted by Gasteiger charge is -2.19. The van der Waals surface area contributed by atoms with Crippen LogP contribution >= 0.6 is 7.37 Å². The maximum Gasteiger partial charge on any atom is 0.203 e. The van der Waals surface area contributed by atoms with Gasteiger partial charge in [-0.15, -0.1) is 0 Å². The molecule has 1 aromatic carbocycles. The van der Waals surface area contributed by atoms with Crippen molar-refractivity contribution in [1.82, 2.24) is 0 Å². The lowest BCUT2D eigenvalue weighted by atomic mass is 10.1. The fourth-order valence-corrected chi connectivity index (χ4v) is 9.17. The zero-order valence-electron chi connectivity index (χ0n) is 51.6. The predicted molar refractivity (Wildman–Crippen MR) is 329 cm³/mol. The third-order valence-corrected chi connectivity index (χ3v) is 14.5. The van der Waals surface area contributed by atoms with E-state index >= 15 is 0 Å². The van der Waals surface area contributed by atoms with Crippen molar-refractivity contribution in [2.45, 2.75) is 220 Å². The van der Waals surface area contributed by atoms with Gasteiger partial charge in [-0.05, 0) is 37.0 Å². The maximum absolute atomic E-state index is 11.2. The van der Waals surface area contributed by atoms with Gasteiger partial charge in [0.15, 0.2) is 18.9 Å². The topological polar surface area (TPSA) is 190 Å². The van der Waals surface area contributed by atoms with Gasteiger partial charge in [-0.1, -0.05) is 194 Å². The third-order valence-electron chi connectivity index (χ3n) is 13.5. The lowest BCUT2D eigenvalue weighted by Crippen LogP contribution is -2.17. The molecule has 1 unspecified atom stereocenters. The molecular weight excluding hydrogens is 1040 g/mol. The van der Waals surface area contributed by atoms with Gasteiger partial charge in [0, 0.05) is 19.0 Å². The van der Waals surface area contributed by atoms with Crippen LogP contribution in [0.15, 0.2) is 22.2 Å². The summed E-state index contributed by atoms with van der Waals surface area (Å²) in [7, 11) is -3.02. The standard InChI is InChI=1S/C63H120N3O13P/c1-5-8-11-14-17-20-23-26-29-32-35-77-61-54-59(55-62(78-36-33-30-27-24-21-18-15-12-9-6-2)63(61)79-37-34-31-28-25-22-19-16-13-10-7-3)56-65-57-60(66-64)58-76-51-50-74-47-46-72-43-42-70-39-38-69-40-41-71-44-45-73-48-49-75-52-53-80(4,67)68/h54-55,57H,5-53,56,58,64H2,1-4H3,(H,67,68). The Hall–Kier alpha value is -2.37. The van der Waals surface area contributed by atoms with Crippen LogP contribution < -0.4 is 20.1 Å². The van der Waals surface area contributed by atoms with Gasteiger partial charge in [0.2, 0.25) is 5.75 Å². The van der Waals surface area contributed by atoms with Crippen molar-refractivity contribution in [2.75, 3.05) is 138 Å². The van der Waals surface area contributed by atoms with Crippen molar-refractivity contribution in [3.8, 4) is 17.2 Å². The number of aliphatic imine (C=N–C) groups is 1. The molecule has 0 aromatic heterocycles. The third kappa shape index (κ3) is 52.4. The molecule has 0 saturated carbocycles. The summed E-state index contributed by atoms with van der Waals surface area (Å²) in [4.78, 5) is 14.0. The van der Waals surface area contributed by atoms with E-state index in [4.69, 9.17) is 62.9 Å². The molecule has 0 spiro atoms. The molecule has 0 heterocycles. The number of hydrogen-bond donors (Lipinski definition) is 2. The van der Waals surface area contributed by atoms with Crippen molar-refractivity contribution >= 4 is 19.3 Å². The Morgan fingerprint density at radius 2 is 0.713 bits per heavy atom. The number of nitrogens with zero attached hydrogens (tertiary/aromatic N) is 2. The molecule has 3 N–H and O–H groups in total. The fourth-order valence-electron chi connectivity index (χ4n) is 8.70. The average molecular weight is 1160 g/mol. The van der Waals surface area contributed by atoms with Crippen LogP contribution in [0.3, 0.4) is 0 Å². The summed E-state index contributed by atoms with van der Waals surface area (Å²) in [5.41, 5.74) is 1.51. The van der Waals surface area contributed by atoms with Gasteiger partial charge in [0.1, 0.15) is 5.71 Å². The van der Waals surface area contributed by atoms with Crippen molar-refractivity contribution in [3.05, 3.63) is 17.7 Å². The summed E-state index contributed by atoms with van der Waals surface area (Å²) >= 11 is 0. The van der Waals surface area contributed by atoms with E-state index < -0.39 is 7.37 Å². The number of ether oxygens (including phenoxy) is 11. The first-order valence-corrected chi connectivity index (χ1v) is 34.4. The van der Waals surface area contributed by atoms with Gasteiger partial charge < -0.3 is 62.8 Å². The summed E-state index contributed by atoms with van der Waals surface area (Å²) in [6.45, 7) is 17.1. The summed E-state index contributed by atoms with van der Waals surface area (Å²) in [5, 5.41) is 3.94. The van der Waals surface area contributed by atoms with E-state index in [0.717, 1.165) is 61.3 Å². The van der Waals surface area contributed by atoms with Crippen molar-refractivity contribution in [3.63, 3.8) is 0 Å². The zero-order chi connectivity index (χ0) is 57.8. The second kappa shape index (κ2) is 59.8. The van der Waals surface area contributed by atoms with E-state index in [1.807, 2.05) is 0 Å². The van der Waals surface area contributed by atoms with Crippen molar-refractivity contribution in [2.24, 2.45) is 15.9 Å². The first kappa shape index (κ1) is 75.6. The number of benzene rings is 1. The Balaban J connectivity index is 2.58. The van der Waals surface area contributed by atoms with E-state index in [-0.39, 0.29) is 19.4 Å².